The second kappa shape index (κ2) is 6.87. The molecule has 0 saturated heterocycles. The minimum Gasteiger partial charge on any atom is -0.398 e. The molecule has 0 bridgehead atoms. The van der Waals surface area contributed by atoms with Crippen molar-refractivity contribution in [3.8, 4) is 0 Å². The summed E-state index contributed by atoms with van der Waals surface area (Å²) in [6.07, 6.45) is 0. The van der Waals surface area contributed by atoms with Gasteiger partial charge in [-0.2, -0.15) is 0 Å². The van der Waals surface area contributed by atoms with Crippen LogP contribution in [0, 0.1) is 6.92 Å². The molecule has 1 aromatic carbocycles. The highest BCUT2D eigenvalue weighted by Gasteiger charge is 2.10. The molecule has 0 atom stereocenters. The maximum absolute atomic E-state index is 5.88. The average molecular weight is 301 g/mol. The van der Waals surface area contributed by atoms with E-state index in [1.165, 1.54) is 5.69 Å². The Morgan fingerprint density at radius 2 is 2.06 bits per heavy atom. The number of hydrogen-bond acceptors (Lipinski definition) is 3. The lowest BCUT2D eigenvalue weighted by atomic mass is 10.1. The Bertz CT molecular complexity index is 369. The van der Waals surface area contributed by atoms with Gasteiger partial charge >= 0.3 is 0 Å². The summed E-state index contributed by atoms with van der Waals surface area (Å²) in [4.78, 5) is 2.28. The van der Waals surface area contributed by atoms with E-state index in [0.717, 1.165) is 42.0 Å². The molecule has 0 radical (unpaired) electrons. The van der Waals surface area contributed by atoms with Crippen molar-refractivity contribution in [1.29, 1.82) is 0 Å². The molecule has 0 saturated carbocycles. The molecule has 1 aromatic rings. The van der Waals surface area contributed by atoms with Gasteiger partial charge in [0.15, 0.2) is 0 Å². The Hall–Kier alpha value is -0.740. The van der Waals surface area contributed by atoms with E-state index < -0.39 is 0 Å². The van der Waals surface area contributed by atoms with Gasteiger partial charge in [0.25, 0.3) is 0 Å². The first kappa shape index (κ1) is 14.3. The second-order valence-corrected chi connectivity index (χ2v) is 4.79. The zero-order valence-electron chi connectivity index (χ0n) is 10.8. The fourth-order valence-electron chi connectivity index (χ4n) is 1.69. The van der Waals surface area contributed by atoms with E-state index in [1.54, 1.807) is 0 Å². The molecule has 0 spiro atoms. The van der Waals surface area contributed by atoms with Gasteiger partial charge in [-0.15, -0.1) is 0 Å². The predicted octanol–water partition coefficient (Wildman–Crippen LogP) is 3.20. The van der Waals surface area contributed by atoms with Crippen LogP contribution in [0.1, 0.15) is 19.4 Å². The number of rotatable bonds is 6. The quantitative estimate of drug-likeness (QED) is 0.648. The van der Waals surface area contributed by atoms with Gasteiger partial charge in [0.2, 0.25) is 0 Å². The molecular weight excluding hydrogens is 280 g/mol. The molecule has 96 valence electrons. The molecule has 1 rings (SSSR count). The van der Waals surface area contributed by atoms with Crippen molar-refractivity contribution in [3.63, 3.8) is 0 Å². The maximum Gasteiger partial charge on any atom is 0.0641 e. The Morgan fingerprint density at radius 3 is 2.65 bits per heavy atom. The fourth-order valence-corrected chi connectivity index (χ4v) is 2.30. The molecule has 0 aliphatic heterocycles. The van der Waals surface area contributed by atoms with Crippen LogP contribution in [0.2, 0.25) is 0 Å². The minimum absolute atomic E-state index is 0.750. The molecule has 0 aliphatic rings. The number of anilines is 2. The van der Waals surface area contributed by atoms with Crippen molar-refractivity contribution < 1.29 is 4.74 Å². The van der Waals surface area contributed by atoms with Gasteiger partial charge in [-0.1, -0.05) is 0 Å². The summed E-state index contributed by atoms with van der Waals surface area (Å²) in [6, 6.07) is 4.09. The van der Waals surface area contributed by atoms with Crippen molar-refractivity contribution in [2.45, 2.75) is 20.8 Å². The lowest BCUT2D eigenvalue weighted by Crippen LogP contribution is -2.27. The number of nitrogen functional groups attached to an aromatic ring is 1. The Morgan fingerprint density at radius 1 is 1.35 bits per heavy atom. The summed E-state index contributed by atoms with van der Waals surface area (Å²) in [5.74, 6) is 0. The molecule has 0 heterocycles. The van der Waals surface area contributed by atoms with Crippen LogP contribution in [-0.2, 0) is 4.74 Å². The molecule has 0 unspecified atom stereocenters. The number of likely N-dealkylation sites (N-methyl/N-ethyl adjacent to an activating group) is 1. The number of benzene rings is 1. The molecule has 2 N–H and O–H groups in total. The van der Waals surface area contributed by atoms with Crippen LogP contribution in [0.15, 0.2) is 16.6 Å². The van der Waals surface area contributed by atoms with Crippen LogP contribution >= 0.6 is 15.9 Å². The molecule has 4 heteroatoms. The highest BCUT2D eigenvalue weighted by molar-refractivity contribution is 9.10. The van der Waals surface area contributed by atoms with Crippen molar-refractivity contribution in [2.75, 3.05) is 36.9 Å². The van der Waals surface area contributed by atoms with Crippen molar-refractivity contribution in [2.24, 2.45) is 0 Å². The van der Waals surface area contributed by atoms with E-state index in [2.05, 4.69) is 33.8 Å². The fraction of sp³-hybridized carbons (Fsp3) is 0.538. The van der Waals surface area contributed by atoms with E-state index in [0.29, 0.717) is 0 Å². The van der Waals surface area contributed by atoms with Gasteiger partial charge in [-0.25, -0.2) is 0 Å². The summed E-state index contributed by atoms with van der Waals surface area (Å²) in [7, 11) is 0. The largest absolute Gasteiger partial charge is 0.398 e. The van der Waals surface area contributed by atoms with Crippen LogP contribution < -0.4 is 10.6 Å². The van der Waals surface area contributed by atoms with E-state index in [9.17, 15) is 0 Å². The summed E-state index contributed by atoms with van der Waals surface area (Å²) in [6.45, 7) is 9.55. The first-order valence-electron chi connectivity index (χ1n) is 5.98. The smallest absolute Gasteiger partial charge is 0.0641 e. The lowest BCUT2D eigenvalue weighted by Gasteiger charge is -2.25. The number of aryl methyl sites for hydroxylation is 1. The Balaban J connectivity index is 2.84. The lowest BCUT2D eigenvalue weighted by molar-refractivity contribution is 0.154. The molecule has 0 aromatic heterocycles. The van der Waals surface area contributed by atoms with Crippen LogP contribution in [0.3, 0.4) is 0 Å². The van der Waals surface area contributed by atoms with E-state index in [-0.39, 0.29) is 0 Å². The van der Waals surface area contributed by atoms with E-state index in [4.69, 9.17) is 10.5 Å². The van der Waals surface area contributed by atoms with Gasteiger partial charge in [0.1, 0.15) is 0 Å². The third-order valence-corrected chi connectivity index (χ3v) is 3.40. The van der Waals surface area contributed by atoms with Crippen molar-refractivity contribution >= 4 is 27.3 Å². The van der Waals surface area contributed by atoms with Gasteiger partial charge in [-0.3, -0.25) is 0 Å². The molecule has 0 fully saturated rings. The number of nitrogens with zero attached hydrogens (tertiary/aromatic N) is 1. The summed E-state index contributed by atoms with van der Waals surface area (Å²) in [5, 5.41) is 0. The molecular formula is C13H21BrN2O. The molecule has 3 nitrogen and oxygen atoms in total. The number of ether oxygens (including phenoxy) is 1. The average Bonchev–Trinajstić information content (AvgIpc) is 2.30. The number of hydrogen-bond donors (Lipinski definition) is 1. The SMILES string of the molecule is CCOCCN(CC)c1cc(C)c(N)cc1Br. The monoisotopic (exact) mass is 300 g/mol. The third kappa shape index (κ3) is 3.89. The summed E-state index contributed by atoms with van der Waals surface area (Å²) >= 11 is 3.57. The van der Waals surface area contributed by atoms with E-state index in [1.807, 2.05) is 19.9 Å². The zero-order valence-corrected chi connectivity index (χ0v) is 12.4. The van der Waals surface area contributed by atoms with Crippen molar-refractivity contribution in [1.82, 2.24) is 0 Å². The summed E-state index contributed by atoms with van der Waals surface area (Å²) in [5.41, 5.74) is 8.99. The highest BCUT2D eigenvalue weighted by atomic mass is 79.9. The standard InChI is InChI=1S/C13H21BrN2O/c1-4-16(6-7-17-5-2)13-8-10(3)12(15)9-11(13)14/h8-9H,4-7,15H2,1-3H3. The second-order valence-electron chi connectivity index (χ2n) is 3.94. The first-order valence-corrected chi connectivity index (χ1v) is 6.77. The third-order valence-electron chi connectivity index (χ3n) is 2.77. The Kier molecular flexibility index (Phi) is 5.78. The van der Waals surface area contributed by atoms with Crippen LogP contribution in [-0.4, -0.2) is 26.3 Å². The predicted molar refractivity (Wildman–Crippen MR) is 77.7 cm³/mol. The van der Waals surface area contributed by atoms with Gasteiger partial charge in [0, 0.05) is 29.9 Å². The normalized spacial score (nSPS) is 10.6. The number of halogens is 1. The molecule has 0 aliphatic carbocycles. The summed E-state index contributed by atoms with van der Waals surface area (Å²) < 4.78 is 6.44. The van der Waals surface area contributed by atoms with Gasteiger partial charge in [0.05, 0.1) is 12.3 Å². The minimum atomic E-state index is 0.750. The molecule has 0 amide bonds. The van der Waals surface area contributed by atoms with Crippen LogP contribution in [0.5, 0.6) is 0 Å². The Labute approximate surface area is 112 Å². The topological polar surface area (TPSA) is 38.5 Å². The first-order chi connectivity index (χ1) is 8.10. The van der Waals surface area contributed by atoms with E-state index >= 15 is 0 Å². The van der Waals surface area contributed by atoms with Crippen LogP contribution in [0.4, 0.5) is 11.4 Å². The zero-order chi connectivity index (χ0) is 12.8. The van der Waals surface area contributed by atoms with Gasteiger partial charge < -0.3 is 15.4 Å². The molecule has 17 heavy (non-hydrogen) atoms. The van der Waals surface area contributed by atoms with Crippen molar-refractivity contribution in [3.05, 3.63) is 22.2 Å². The van der Waals surface area contributed by atoms with Gasteiger partial charge in [-0.05, 0) is 54.4 Å². The van der Waals surface area contributed by atoms with Crippen LogP contribution in [0.25, 0.3) is 0 Å². The highest BCUT2D eigenvalue weighted by Crippen LogP contribution is 2.30. The maximum atomic E-state index is 5.88. The number of nitrogens with two attached hydrogens (primary N) is 1.